The molecule has 1 aromatic carbocycles. The van der Waals surface area contributed by atoms with Gasteiger partial charge in [0.05, 0.1) is 13.2 Å². The first kappa shape index (κ1) is 16.3. The van der Waals surface area contributed by atoms with E-state index < -0.39 is 11.9 Å². The molecule has 5 nitrogen and oxygen atoms in total. The lowest BCUT2D eigenvalue weighted by molar-refractivity contribution is -0.144. The Morgan fingerprint density at radius 3 is 2.32 bits per heavy atom. The van der Waals surface area contributed by atoms with E-state index in [0.29, 0.717) is 0 Å². The number of rotatable bonds is 4. The Labute approximate surface area is 132 Å². The molecule has 0 radical (unpaired) electrons. The molecule has 0 bridgehead atoms. The lowest BCUT2D eigenvalue weighted by atomic mass is 9.88. The predicted molar refractivity (Wildman–Crippen MR) is 85.7 cm³/mol. The third-order valence-corrected chi connectivity index (χ3v) is 4.38. The number of carbonyl (C=O) groups is 1. The highest BCUT2D eigenvalue weighted by Crippen LogP contribution is 2.27. The molecule has 0 saturated carbocycles. The molecule has 1 saturated heterocycles. The molecule has 1 aliphatic heterocycles. The van der Waals surface area contributed by atoms with Gasteiger partial charge < -0.3 is 14.5 Å². The van der Waals surface area contributed by atoms with Crippen LogP contribution in [-0.2, 0) is 9.53 Å². The van der Waals surface area contributed by atoms with Gasteiger partial charge in [-0.15, -0.1) is 0 Å². The molecule has 0 aromatic heterocycles. The minimum atomic E-state index is -0.764. The molecule has 0 spiro atoms. The number of nitriles is 1. The van der Waals surface area contributed by atoms with Crippen LogP contribution in [0.2, 0.25) is 0 Å². The summed E-state index contributed by atoms with van der Waals surface area (Å²) in [6.45, 7) is 6.06. The summed E-state index contributed by atoms with van der Waals surface area (Å²) >= 11 is 0. The van der Waals surface area contributed by atoms with E-state index in [4.69, 9.17) is 4.74 Å². The predicted octanol–water partition coefficient (Wildman–Crippen LogP) is 1.85. The molecule has 0 aliphatic carbocycles. The molecule has 2 unspecified atom stereocenters. The molecule has 1 fully saturated rings. The summed E-state index contributed by atoms with van der Waals surface area (Å²) in [5, 5.41) is 9.18. The van der Waals surface area contributed by atoms with Crippen LogP contribution in [0.4, 0.5) is 5.69 Å². The first-order chi connectivity index (χ1) is 10.6. The van der Waals surface area contributed by atoms with Crippen molar-refractivity contribution in [3.63, 3.8) is 0 Å². The van der Waals surface area contributed by atoms with Gasteiger partial charge in [0.25, 0.3) is 0 Å². The Balaban J connectivity index is 2.08. The van der Waals surface area contributed by atoms with Crippen LogP contribution >= 0.6 is 0 Å². The van der Waals surface area contributed by atoms with Crippen LogP contribution in [0.15, 0.2) is 24.3 Å². The number of ether oxygens (including phenoxy) is 1. The first-order valence-electron chi connectivity index (χ1n) is 7.57. The van der Waals surface area contributed by atoms with E-state index in [9.17, 15) is 10.1 Å². The Hall–Kier alpha value is -2.06. The van der Waals surface area contributed by atoms with Crippen LogP contribution in [0.1, 0.15) is 18.4 Å². The molecule has 0 amide bonds. The number of piperazine rings is 1. The highest BCUT2D eigenvalue weighted by molar-refractivity contribution is 5.76. The minimum Gasteiger partial charge on any atom is -0.468 e. The number of nitrogens with zero attached hydrogens (tertiary/aromatic N) is 3. The van der Waals surface area contributed by atoms with Gasteiger partial charge in [0.15, 0.2) is 5.92 Å². The monoisotopic (exact) mass is 301 g/mol. The van der Waals surface area contributed by atoms with Crippen LogP contribution in [0.3, 0.4) is 0 Å². The van der Waals surface area contributed by atoms with Gasteiger partial charge in [-0.2, -0.15) is 5.26 Å². The molecule has 1 heterocycles. The van der Waals surface area contributed by atoms with E-state index in [0.717, 1.165) is 31.7 Å². The summed E-state index contributed by atoms with van der Waals surface area (Å²) in [6, 6.07) is 10.2. The molecule has 22 heavy (non-hydrogen) atoms. The lowest BCUT2D eigenvalue weighted by Crippen LogP contribution is -2.44. The summed E-state index contributed by atoms with van der Waals surface area (Å²) in [5.74, 6) is -1.42. The van der Waals surface area contributed by atoms with Crippen molar-refractivity contribution < 1.29 is 9.53 Å². The van der Waals surface area contributed by atoms with Gasteiger partial charge in [-0.3, -0.25) is 4.79 Å². The number of esters is 1. The standard InChI is InChI=1S/C17H23N3O2/c1-13(16(12-18)17(21)22-3)14-4-6-15(7-5-14)20-10-8-19(2)9-11-20/h4-7,13,16H,8-11H2,1-3H3. The zero-order valence-corrected chi connectivity index (χ0v) is 13.5. The van der Waals surface area contributed by atoms with Crippen LogP contribution in [0, 0.1) is 17.2 Å². The third-order valence-electron chi connectivity index (χ3n) is 4.38. The normalized spacial score (nSPS) is 18.4. The molecular formula is C17H23N3O2. The minimum absolute atomic E-state index is 0.181. The zero-order valence-electron chi connectivity index (χ0n) is 13.5. The van der Waals surface area contributed by atoms with Crippen LogP contribution < -0.4 is 4.90 Å². The fraction of sp³-hybridized carbons (Fsp3) is 0.529. The van der Waals surface area contributed by atoms with E-state index in [1.165, 1.54) is 12.8 Å². The average molecular weight is 301 g/mol. The van der Waals surface area contributed by atoms with E-state index in [1.54, 1.807) is 0 Å². The number of benzene rings is 1. The zero-order chi connectivity index (χ0) is 16.1. The second-order valence-corrected chi connectivity index (χ2v) is 5.80. The molecule has 118 valence electrons. The maximum Gasteiger partial charge on any atom is 0.323 e. The highest BCUT2D eigenvalue weighted by Gasteiger charge is 2.27. The fourth-order valence-electron chi connectivity index (χ4n) is 2.74. The summed E-state index contributed by atoms with van der Waals surface area (Å²) in [6.07, 6.45) is 0. The molecule has 2 atom stereocenters. The highest BCUT2D eigenvalue weighted by atomic mass is 16.5. The maximum absolute atomic E-state index is 11.6. The number of likely N-dealkylation sites (N-methyl/N-ethyl adjacent to an activating group) is 1. The Kier molecular flexibility index (Phi) is 5.40. The number of anilines is 1. The van der Waals surface area contributed by atoms with Gasteiger partial charge in [0, 0.05) is 37.8 Å². The molecule has 2 rings (SSSR count). The van der Waals surface area contributed by atoms with Gasteiger partial charge in [-0.1, -0.05) is 19.1 Å². The Morgan fingerprint density at radius 1 is 1.23 bits per heavy atom. The lowest BCUT2D eigenvalue weighted by Gasteiger charge is -2.34. The molecule has 0 N–H and O–H groups in total. The van der Waals surface area contributed by atoms with Crippen molar-refractivity contribution >= 4 is 11.7 Å². The van der Waals surface area contributed by atoms with Crippen molar-refractivity contribution in [3.8, 4) is 6.07 Å². The van der Waals surface area contributed by atoms with Crippen molar-refractivity contribution in [1.29, 1.82) is 5.26 Å². The van der Waals surface area contributed by atoms with Gasteiger partial charge in [-0.25, -0.2) is 0 Å². The van der Waals surface area contributed by atoms with Gasteiger partial charge in [-0.05, 0) is 24.7 Å². The van der Waals surface area contributed by atoms with Gasteiger partial charge in [0.2, 0.25) is 0 Å². The van der Waals surface area contributed by atoms with Crippen molar-refractivity contribution in [1.82, 2.24) is 4.90 Å². The van der Waals surface area contributed by atoms with Crippen molar-refractivity contribution in [2.45, 2.75) is 12.8 Å². The number of methoxy groups -OCH3 is 1. The molecular weight excluding hydrogens is 278 g/mol. The summed E-state index contributed by atoms with van der Waals surface area (Å²) < 4.78 is 4.70. The smallest absolute Gasteiger partial charge is 0.323 e. The van der Waals surface area contributed by atoms with Crippen LogP contribution in [0.5, 0.6) is 0 Å². The van der Waals surface area contributed by atoms with Crippen molar-refractivity contribution in [2.75, 3.05) is 45.2 Å². The molecule has 1 aliphatic rings. The SMILES string of the molecule is COC(=O)C(C#N)C(C)c1ccc(N2CCN(C)CC2)cc1. The van der Waals surface area contributed by atoms with Crippen LogP contribution in [-0.4, -0.2) is 51.2 Å². The average Bonchev–Trinajstić information content (AvgIpc) is 2.56. The van der Waals surface area contributed by atoms with Gasteiger partial charge in [0.1, 0.15) is 0 Å². The second-order valence-electron chi connectivity index (χ2n) is 5.80. The molecule has 5 heteroatoms. The summed E-state index contributed by atoms with van der Waals surface area (Å²) in [5.41, 5.74) is 2.17. The number of hydrogen-bond acceptors (Lipinski definition) is 5. The van der Waals surface area contributed by atoms with E-state index in [1.807, 2.05) is 25.1 Å². The topological polar surface area (TPSA) is 56.6 Å². The van der Waals surface area contributed by atoms with Crippen molar-refractivity contribution in [3.05, 3.63) is 29.8 Å². The Morgan fingerprint density at radius 2 is 1.82 bits per heavy atom. The fourth-order valence-corrected chi connectivity index (χ4v) is 2.74. The summed E-state index contributed by atoms with van der Waals surface area (Å²) in [7, 11) is 3.45. The number of carbonyl (C=O) groups excluding carboxylic acids is 1. The van der Waals surface area contributed by atoms with E-state index in [2.05, 4.69) is 29.0 Å². The Bertz CT molecular complexity index is 542. The van der Waals surface area contributed by atoms with E-state index in [-0.39, 0.29) is 5.92 Å². The summed E-state index contributed by atoms with van der Waals surface area (Å²) in [4.78, 5) is 16.3. The van der Waals surface area contributed by atoms with Gasteiger partial charge >= 0.3 is 5.97 Å². The van der Waals surface area contributed by atoms with Crippen molar-refractivity contribution in [2.24, 2.45) is 5.92 Å². The number of hydrogen-bond donors (Lipinski definition) is 0. The largest absolute Gasteiger partial charge is 0.468 e. The third kappa shape index (κ3) is 3.58. The van der Waals surface area contributed by atoms with E-state index >= 15 is 0 Å². The van der Waals surface area contributed by atoms with Crippen LogP contribution in [0.25, 0.3) is 0 Å². The maximum atomic E-state index is 11.6. The second kappa shape index (κ2) is 7.28. The molecule has 1 aromatic rings. The quantitative estimate of drug-likeness (QED) is 0.795. The first-order valence-corrected chi connectivity index (χ1v) is 7.57.